The minimum Gasteiger partial charge on any atom is -0.317 e. The van der Waals surface area contributed by atoms with E-state index in [9.17, 15) is 4.79 Å². The van der Waals surface area contributed by atoms with Gasteiger partial charge in [-0.05, 0) is 37.5 Å². The number of pyridine rings is 1. The molecule has 4 heteroatoms. The Morgan fingerprint density at radius 2 is 2.36 bits per heavy atom. The third kappa shape index (κ3) is 1.75. The zero-order valence-corrected chi connectivity index (χ0v) is 8.08. The first-order valence-electron chi connectivity index (χ1n) is 4.63. The number of hydrogen-bond acceptors (Lipinski definition) is 3. The minimum atomic E-state index is -0.634. The molecule has 1 aromatic rings. The molecule has 1 aliphatic rings. The summed E-state index contributed by atoms with van der Waals surface area (Å²) in [6, 6.07) is 3.70. The summed E-state index contributed by atoms with van der Waals surface area (Å²) in [6.45, 7) is 1.95. The highest BCUT2D eigenvalue weighted by Crippen LogP contribution is 2.33. The molecule has 1 fully saturated rings. The standard InChI is InChI=1S/C10H13N3O/c1-7-2-5-12-8(6-7)13-9(14)10(11)3-4-10/h2,5-6H,3-4,11H2,1H3,(H,12,13,14). The number of nitrogens with one attached hydrogen (secondary N) is 1. The van der Waals surface area contributed by atoms with E-state index in [1.54, 1.807) is 6.20 Å². The summed E-state index contributed by atoms with van der Waals surface area (Å²) in [5.41, 5.74) is 6.17. The summed E-state index contributed by atoms with van der Waals surface area (Å²) in [4.78, 5) is 15.6. The molecule has 3 N–H and O–H groups in total. The van der Waals surface area contributed by atoms with Gasteiger partial charge >= 0.3 is 0 Å². The topological polar surface area (TPSA) is 68.0 Å². The van der Waals surface area contributed by atoms with Crippen molar-refractivity contribution in [2.75, 3.05) is 5.32 Å². The number of aromatic nitrogens is 1. The lowest BCUT2D eigenvalue weighted by Gasteiger charge is -2.09. The number of carbonyl (C=O) groups is 1. The molecule has 1 amide bonds. The lowest BCUT2D eigenvalue weighted by Crippen LogP contribution is -2.38. The third-order valence-corrected chi connectivity index (χ3v) is 2.40. The Kier molecular flexibility index (Phi) is 2.00. The molecule has 1 aromatic heterocycles. The second-order valence-corrected chi connectivity index (χ2v) is 3.83. The van der Waals surface area contributed by atoms with Gasteiger partial charge in [0.1, 0.15) is 5.82 Å². The molecule has 1 heterocycles. The Labute approximate surface area is 82.5 Å². The van der Waals surface area contributed by atoms with Crippen molar-refractivity contribution in [3.8, 4) is 0 Å². The monoisotopic (exact) mass is 191 g/mol. The largest absolute Gasteiger partial charge is 0.317 e. The lowest BCUT2D eigenvalue weighted by atomic mass is 10.2. The number of rotatable bonds is 2. The zero-order valence-electron chi connectivity index (χ0n) is 8.08. The van der Waals surface area contributed by atoms with Crippen molar-refractivity contribution in [3.05, 3.63) is 23.9 Å². The Hall–Kier alpha value is -1.42. The van der Waals surface area contributed by atoms with Crippen LogP contribution in [0.15, 0.2) is 18.3 Å². The van der Waals surface area contributed by atoms with E-state index >= 15 is 0 Å². The maximum Gasteiger partial charge on any atom is 0.245 e. The number of hydrogen-bond donors (Lipinski definition) is 2. The average Bonchev–Trinajstić information content (AvgIpc) is 2.85. The predicted molar refractivity (Wildman–Crippen MR) is 53.8 cm³/mol. The van der Waals surface area contributed by atoms with Gasteiger partial charge < -0.3 is 11.1 Å². The Bertz CT molecular complexity index is 371. The fourth-order valence-electron chi connectivity index (χ4n) is 1.21. The van der Waals surface area contributed by atoms with Crippen LogP contribution in [0.1, 0.15) is 18.4 Å². The number of carbonyl (C=O) groups excluding carboxylic acids is 1. The first-order valence-corrected chi connectivity index (χ1v) is 4.63. The number of nitrogens with zero attached hydrogens (tertiary/aromatic N) is 1. The zero-order chi connectivity index (χ0) is 10.2. The Morgan fingerprint density at radius 3 is 2.93 bits per heavy atom. The normalized spacial score (nSPS) is 17.6. The molecule has 0 radical (unpaired) electrons. The van der Waals surface area contributed by atoms with Crippen molar-refractivity contribution < 1.29 is 4.79 Å². The summed E-state index contributed by atoms with van der Waals surface area (Å²) >= 11 is 0. The summed E-state index contributed by atoms with van der Waals surface area (Å²) < 4.78 is 0. The number of aryl methyl sites for hydroxylation is 1. The Morgan fingerprint density at radius 1 is 1.64 bits per heavy atom. The van der Waals surface area contributed by atoms with E-state index in [-0.39, 0.29) is 5.91 Å². The second-order valence-electron chi connectivity index (χ2n) is 3.83. The molecule has 0 saturated heterocycles. The number of anilines is 1. The molecular weight excluding hydrogens is 178 g/mol. The highest BCUT2D eigenvalue weighted by atomic mass is 16.2. The maximum absolute atomic E-state index is 11.5. The maximum atomic E-state index is 11.5. The van der Waals surface area contributed by atoms with Crippen molar-refractivity contribution in [2.45, 2.75) is 25.3 Å². The molecule has 0 unspecified atom stereocenters. The molecule has 0 atom stereocenters. The summed E-state index contributed by atoms with van der Waals surface area (Å²) in [5, 5.41) is 2.71. The van der Waals surface area contributed by atoms with Crippen LogP contribution in [0.5, 0.6) is 0 Å². The van der Waals surface area contributed by atoms with Crippen molar-refractivity contribution >= 4 is 11.7 Å². The smallest absolute Gasteiger partial charge is 0.245 e. The predicted octanol–water partition coefficient (Wildman–Crippen LogP) is 0.820. The van der Waals surface area contributed by atoms with Gasteiger partial charge in [0.15, 0.2) is 0 Å². The van der Waals surface area contributed by atoms with Gasteiger partial charge in [-0.2, -0.15) is 0 Å². The van der Waals surface area contributed by atoms with E-state index in [1.165, 1.54) is 0 Å². The molecule has 0 aromatic carbocycles. The van der Waals surface area contributed by atoms with Crippen LogP contribution in [0.4, 0.5) is 5.82 Å². The molecule has 0 spiro atoms. The van der Waals surface area contributed by atoms with Crippen LogP contribution >= 0.6 is 0 Å². The highest BCUT2D eigenvalue weighted by molar-refractivity contribution is 5.99. The average molecular weight is 191 g/mol. The van der Waals surface area contributed by atoms with Gasteiger partial charge in [-0.1, -0.05) is 0 Å². The summed E-state index contributed by atoms with van der Waals surface area (Å²) in [7, 11) is 0. The van der Waals surface area contributed by atoms with Gasteiger partial charge in [0, 0.05) is 6.20 Å². The molecule has 0 aliphatic heterocycles. The van der Waals surface area contributed by atoms with E-state index in [4.69, 9.17) is 5.73 Å². The molecule has 2 rings (SSSR count). The fraction of sp³-hybridized carbons (Fsp3) is 0.400. The van der Waals surface area contributed by atoms with Crippen LogP contribution in [0, 0.1) is 6.92 Å². The lowest BCUT2D eigenvalue weighted by molar-refractivity contribution is -0.118. The number of amides is 1. The first kappa shape index (κ1) is 9.15. The van der Waals surface area contributed by atoms with Crippen LogP contribution in [-0.2, 0) is 4.79 Å². The van der Waals surface area contributed by atoms with E-state index in [0.717, 1.165) is 18.4 Å². The van der Waals surface area contributed by atoms with Crippen molar-refractivity contribution in [1.82, 2.24) is 4.98 Å². The molecule has 14 heavy (non-hydrogen) atoms. The van der Waals surface area contributed by atoms with Gasteiger partial charge in [0.2, 0.25) is 5.91 Å². The second kappa shape index (κ2) is 3.06. The summed E-state index contributed by atoms with van der Waals surface area (Å²) in [6.07, 6.45) is 3.20. The van der Waals surface area contributed by atoms with Crippen LogP contribution in [0.25, 0.3) is 0 Å². The van der Waals surface area contributed by atoms with Crippen molar-refractivity contribution in [3.63, 3.8) is 0 Å². The van der Waals surface area contributed by atoms with Crippen LogP contribution < -0.4 is 11.1 Å². The van der Waals surface area contributed by atoms with Gasteiger partial charge in [-0.3, -0.25) is 4.79 Å². The third-order valence-electron chi connectivity index (χ3n) is 2.40. The number of nitrogens with two attached hydrogens (primary N) is 1. The highest BCUT2D eigenvalue weighted by Gasteiger charge is 2.46. The van der Waals surface area contributed by atoms with E-state index in [2.05, 4.69) is 10.3 Å². The molecule has 4 nitrogen and oxygen atoms in total. The molecule has 1 saturated carbocycles. The van der Waals surface area contributed by atoms with Crippen LogP contribution in [-0.4, -0.2) is 16.4 Å². The van der Waals surface area contributed by atoms with Gasteiger partial charge in [0.05, 0.1) is 5.54 Å². The van der Waals surface area contributed by atoms with Gasteiger partial charge in [0.25, 0.3) is 0 Å². The molecular formula is C10H13N3O. The SMILES string of the molecule is Cc1ccnc(NC(=O)C2(N)CC2)c1. The van der Waals surface area contributed by atoms with Crippen molar-refractivity contribution in [2.24, 2.45) is 5.73 Å². The fourth-order valence-corrected chi connectivity index (χ4v) is 1.21. The van der Waals surface area contributed by atoms with E-state index in [1.807, 2.05) is 19.1 Å². The molecule has 1 aliphatic carbocycles. The molecule has 0 bridgehead atoms. The van der Waals surface area contributed by atoms with E-state index < -0.39 is 5.54 Å². The van der Waals surface area contributed by atoms with Crippen molar-refractivity contribution in [1.29, 1.82) is 0 Å². The minimum absolute atomic E-state index is 0.129. The summed E-state index contributed by atoms with van der Waals surface area (Å²) in [5.74, 6) is 0.447. The first-order chi connectivity index (χ1) is 6.60. The van der Waals surface area contributed by atoms with Crippen LogP contribution in [0.2, 0.25) is 0 Å². The van der Waals surface area contributed by atoms with Crippen LogP contribution in [0.3, 0.4) is 0 Å². The van der Waals surface area contributed by atoms with Gasteiger partial charge in [-0.25, -0.2) is 4.98 Å². The van der Waals surface area contributed by atoms with Gasteiger partial charge in [-0.15, -0.1) is 0 Å². The quantitative estimate of drug-likeness (QED) is 0.727. The molecule has 74 valence electrons. The Balaban J connectivity index is 2.07. The van der Waals surface area contributed by atoms with E-state index in [0.29, 0.717) is 5.82 Å².